The minimum atomic E-state index is -4.53. The summed E-state index contributed by atoms with van der Waals surface area (Å²) in [6.45, 7) is 3.60. The number of anilines is 3. The van der Waals surface area contributed by atoms with Gasteiger partial charge in [0.25, 0.3) is 0 Å². The molecule has 141 valence electrons. The molecule has 1 atom stereocenters. The number of nitriles is 1. The third-order valence-corrected chi connectivity index (χ3v) is 3.97. The standard InChI is InChI=1S/C16H14F3N6OS/c1-8(22-12-11(7-20)14(27-2)25-15(21)24-12)13(26)23-10-5-3-4-9(6-10)16(17,18)19/h3-6,8H,1H2,2H3,(H,23,26)(H3,21,22,24,25)/t8-/m0/s1. The van der Waals surface area contributed by atoms with Crippen molar-refractivity contribution in [3.05, 3.63) is 42.3 Å². The zero-order valence-electron chi connectivity index (χ0n) is 14.0. The summed E-state index contributed by atoms with van der Waals surface area (Å²) in [5, 5.41) is 14.5. The van der Waals surface area contributed by atoms with Gasteiger partial charge in [0, 0.05) is 5.69 Å². The van der Waals surface area contributed by atoms with Crippen molar-refractivity contribution in [2.45, 2.75) is 17.2 Å². The van der Waals surface area contributed by atoms with Crippen LogP contribution in [0.15, 0.2) is 29.3 Å². The maximum Gasteiger partial charge on any atom is 0.416 e. The Hall–Kier alpha value is -3.00. The number of nitrogens with one attached hydrogen (secondary N) is 2. The highest BCUT2D eigenvalue weighted by molar-refractivity contribution is 7.98. The van der Waals surface area contributed by atoms with Crippen LogP contribution in [0.2, 0.25) is 0 Å². The van der Waals surface area contributed by atoms with Crippen LogP contribution in [0.25, 0.3) is 0 Å². The molecular formula is C16H14F3N6OS. The third-order valence-electron chi connectivity index (χ3n) is 3.28. The number of hydrogen-bond donors (Lipinski definition) is 3. The molecule has 2 aromatic rings. The van der Waals surface area contributed by atoms with Gasteiger partial charge in [-0.15, -0.1) is 11.8 Å². The topological polar surface area (TPSA) is 117 Å². The number of nitrogens with zero attached hydrogens (tertiary/aromatic N) is 3. The summed E-state index contributed by atoms with van der Waals surface area (Å²) >= 11 is 1.17. The molecule has 0 unspecified atom stereocenters. The average molecular weight is 395 g/mol. The molecule has 0 saturated carbocycles. The van der Waals surface area contributed by atoms with Crippen LogP contribution in [0.4, 0.5) is 30.6 Å². The van der Waals surface area contributed by atoms with Gasteiger partial charge >= 0.3 is 6.18 Å². The lowest BCUT2D eigenvalue weighted by molar-refractivity contribution is -0.137. The molecule has 11 heteroatoms. The molecule has 1 aromatic carbocycles. The van der Waals surface area contributed by atoms with Crippen molar-refractivity contribution in [2.75, 3.05) is 22.6 Å². The monoisotopic (exact) mass is 395 g/mol. The van der Waals surface area contributed by atoms with Crippen LogP contribution in [0.5, 0.6) is 0 Å². The van der Waals surface area contributed by atoms with E-state index < -0.39 is 23.7 Å². The number of nitrogens with two attached hydrogens (primary N) is 1. The number of alkyl halides is 3. The number of nitrogen functional groups attached to an aromatic ring is 1. The quantitative estimate of drug-likeness (QED) is 0.526. The lowest BCUT2D eigenvalue weighted by Crippen LogP contribution is -2.33. The first-order valence-corrected chi connectivity index (χ1v) is 8.57. The van der Waals surface area contributed by atoms with Crippen molar-refractivity contribution >= 4 is 35.1 Å². The van der Waals surface area contributed by atoms with E-state index in [-0.39, 0.29) is 23.0 Å². The second-order valence-corrected chi connectivity index (χ2v) is 5.99. The summed E-state index contributed by atoms with van der Waals surface area (Å²) in [5.41, 5.74) is 4.72. The molecule has 0 spiro atoms. The molecule has 2 rings (SSSR count). The van der Waals surface area contributed by atoms with Crippen molar-refractivity contribution < 1.29 is 18.0 Å². The Balaban J connectivity index is 2.18. The van der Waals surface area contributed by atoms with Crippen LogP contribution >= 0.6 is 11.8 Å². The normalized spacial score (nSPS) is 12.1. The number of amides is 1. The predicted octanol–water partition coefficient (Wildman–Crippen LogP) is 2.92. The highest BCUT2D eigenvalue weighted by atomic mass is 32.2. The lowest BCUT2D eigenvalue weighted by Gasteiger charge is -2.17. The van der Waals surface area contributed by atoms with Crippen LogP contribution in [-0.2, 0) is 11.0 Å². The fourth-order valence-electron chi connectivity index (χ4n) is 2.04. The molecule has 7 nitrogen and oxygen atoms in total. The highest BCUT2D eigenvalue weighted by Gasteiger charge is 2.30. The van der Waals surface area contributed by atoms with Gasteiger partial charge < -0.3 is 16.4 Å². The van der Waals surface area contributed by atoms with Crippen LogP contribution in [-0.4, -0.2) is 28.2 Å². The summed E-state index contributed by atoms with van der Waals surface area (Å²) in [7, 11) is 0. The van der Waals surface area contributed by atoms with E-state index in [1.165, 1.54) is 23.9 Å². The first-order chi connectivity index (χ1) is 12.7. The zero-order chi connectivity index (χ0) is 20.2. The zero-order valence-corrected chi connectivity index (χ0v) is 14.8. The van der Waals surface area contributed by atoms with Gasteiger partial charge in [-0.3, -0.25) is 4.79 Å². The Bertz CT molecular complexity index is 897. The van der Waals surface area contributed by atoms with E-state index in [9.17, 15) is 23.2 Å². The second kappa shape index (κ2) is 8.13. The van der Waals surface area contributed by atoms with Gasteiger partial charge in [-0.05, 0) is 31.4 Å². The van der Waals surface area contributed by atoms with Crippen molar-refractivity contribution in [1.82, 2.24) is 9.97 Å². The van der Waals surface area contributed by atoms with Crippen molar-refractivity contribution in [2.24, 2.45) is 0 Å². The van der Waals surface area contributed by atoms with Crippen molar-refractivity contribution in [3.8, 4) is 6.07 Å². The molecule has 0 aliphatic heterocycles. The average Bonchev–Trinajstić information content (AvgIpc) is 2.60. The minimum Gasteiger partial charge on any atom is -0.368 e. The Kier molecular flexibility index (Phi) is 6.12. The summed E-state index contributed by atoms with van der Waals surface area (Å²) in [5.74, 6) is -0.819. The molecule has 27 heavy (non-hydrogen) atoms. The number of thioether (sulfide) groups is 1. The Labute approximate surface area is 157 Å². The highest BCUT2D eigenvalue weighted by Crippen LogP contribution is 2.30. The first kappa shape index (κ1) is 20.3. The van der Waals surface area contributed by atoms with E-state index in [0.29, 0.717) is 5.03 Å². The Morgan fingerprint density at radius 2 is 2.11 bits per heavy atom. The van der Waals surface area contributed by atoms with Gasteiger partial charge in [0.2, 0.25) is 11.9 Å². The van der Waals surface area contributed by atoms with Gasteiger partial charge in [-0.2, -0.15) is 23.4 Å². The van der Waals surface area contributed by atoms with Gasteiger partial charge in [-0.1, -0.05) is 6.07 Å². The van der Waals surface area contributed by atoms with Gasteiger partial charge in [0.1, 0.15) is 22.7 Å². The van der Waals surface area contributed by atoms with E-state index in [0.717, 1.165) is 12.1 Å². The summed E-state index contributed by atoms with van der Waals surface area (Å²) in [6, 6.07) is 4.94. The molecular weight excluding hydrogens is 381 g/mol. The van der Waals surface area contributed by atoms with Gasteiger partial charge in [0.15, 0.2) is 5.82 Å². The molecule has 1 amide bonds. The Morgan fingerprint density at radius 1 is 1.41 bits per heavy atom. The maximum atomic E-state index is 12.7. The summed E-state index contributed by atoms with van der Waals surface area (Å²) < 4.78 is 38.2. The molecule has 1 radical (unpaired) electrons. The van der Waals surface area contributed by atoms with Crippen LogP contribution in [0, 0.1) is 18.3 Å². The lowest BCUT2D eigenvalue weighted by atomic mass is 10.2. The number of benzene rings is 1. The van der Waals surface area contributed by atoms with Gasteiger partial charge in [0.05, 0.1) is 5.56 Å². The number of carbonyl (C=O) groups excluding carboxylic acids is 1. The number of halogens is 3. The van der Waals surface area contributed by atoms with E-state index in [1.807, 2.05) is 6.07 Å². The first-order valence-electron chi connectivity index (χ1n) is 7.35. The molecule has 0 bridgehead atoms. The number of hydrogen-bond acceptors (Lipinski definition) is 7. The van der Waals surface area contributed by atoms with E-state index in [4.69, 9.17) is 5.73 Å². The largest absolute Gasteiger partial charge is 0.416 e. The summed E-state index contributed by atoms with van der Waals surface area (Å²) in [4.78, 5) is 20.0. The van der Waals surface area contributed by atoms with Crippen LogP contribution < -0.4 is 16.4 Å². The number of rotatable bonds is 5. The molecule has 0 saturated heterocycles. The maximum absolute atomic E-state index is 12.7. The van der Waals surface area contributed by atoms with Crippen LogP contribution in [0.1, 0.15) is 11.1 Å². The second-order valence-electron chi connectivity index (χ2n) is 5.19. The SMILES string of the molecule is [CH2][C@H](Nc1nc(N)nc(SC)c1C#N)C(=O)Nc1cccc(C(F)(F)F)c1. The molecule has 0 aliphatic rings. The van der Waals surface area contributed by atoms with Gasteiger partial charge in [-0.25, -0.2) is 4.98 Å². The fourth-order valence-corrected chi connectivity index (χ4v) is 2.57. The fraction of sp³-hybridized carbons (Fsp3) is 0.188. The molecule has 1 aromatic heterocycles. The van der Waals surface area contributed by atoms with E-state index >= 15 is 0 Å². The Morgan fingerprint density at radius 3 is 2.70 bits per heavy atom. The molecule has 0 aliphatic carbocycles. The number of aromatic nitrogens is 2. The van der Waals surface area contributed by atoms with E-state index in [2.05, 4.69) is 27.5 Å². The summed E-state index contributed by atoms with van der Waals surface area (Å²) in [6.07, 6.45) is -2.84. The molecule has 4 N–H and O–H groups in total. The predicted molar refractivity (Wildman–Crippen MR) is 95.8 cm³/mol. The minimum absolute atomic E-state index is 0.00791. The molecule has 1 heterocycles. The molecule has 0 fully saturated rings. The van der Waals surface area contributed by atoms with Crippen molar-refractivity contribution in [1.29, 1.82) is 5.26 Å². The van der Waals surface area contributed by atoms with Crippen LogP contribution in [0.3, 0.4) is 0 Å². The van der Waals surface area contributed by atoms with E-state index in [1.54, 1.807) is 6.26 Å². The third kappa shape index (κ3) is 5.01. The van der Waals surface area contributed by atoms with Crippen molar-refractivity contribution in [3.63, 3.8) is 0 Å². The smallest absolute Gasteiger partial charge is 0.368 e. The number of carbonyl (C=O) groups is 1.